The smallest absolute Gasteiger partial charge is 0.143 e. The van der Waals surface area contributed by atoms with Gasteiger partial charge in [-0.3, -0.25) is 0 Å². The summed E-state index contributed by atoms with van der Waals surface area (Å²) in [4.78, 5) is 0. The molecule has 0 radical (unpaired) electrons. The SMILES string of the molecule is c1ccc(-c2ccc3c(oc4ccc(-c5c6ccccc6c(-c6ccc(-c7cccc8ccccc78)cc6)c6ccccc56)cc43)c2-c2ccccc2)cc1. The Labute approximate surface area is 319 Å². The Bertz CT molecular complexity index is 3160. The van der Waals surface area contributed by atoms with Crippen molar-refractivity contribution in [3.63, 3.8) is 0 Å². The molecule has 1 aromatic heterocycles. The Balaban J connectivity index is 1.11. The van der Waals surface area contributed by atoms with Crippen LogP contribution in [0.5, 0.6) is 0 Å². The highest BCUT2D eigenvalue weighted by Crippen LogP contribution is 2.47. The molecule has 0 aliphatic rings. The van der Waals surface area contributed by atoms with Crippen molar-refractivity contribution in [1.29, 1.82) is 0 Å². The van der Waals surface area contributed by atoms with E-state index in [-0.39, 0.29) is 0 Å². The summed E-state index contributed by atoms with van der Waals surface area (Å²) in [5.74, 6) is 0. The van der Waals surface area contributed by atoms with Gasteiger partial charge in [0.1, 0.15) is 11.2 Å². The molecule has 1 heterocycles. The second-order valence-electron chi connectivity index (χ2n) is 14.4. The molecule has 11 rings (SSSR count). The molecule has 256 valence electrons. The molecule has 0 aliphatic heterocycles. The Kier molecular flexibility index (Phi) is 7.25. The average Bonchev–Trinajstić information content (AvgIpc) is 3.63. The van der Waals surface area contributed by atoms with Crippen LogP contribution in [-0.2, 0) is 0 Å². The van der Waals surface area contributed by atoms with Crippen molar-refractivity contribution in [2.24, 2.45) is 0 Å². The van der Waals surface area contributed by atoms with Gasteiger partial charge in [0, 0.05) is 16.3 Å². The van der Waals surface area contributed by atoms with E-state index in [4.69, 9.17) is 4.42 Å². The lowest BCUT2D eigenvalue weighted by molar-refractivity contribution is 0.670. The zero-order valence-corrected chi connectivity index (χ0v) is 30.0. The zero-order valence-electron chi connectivity index (χ0n) is 30.0. The van der Waals surface area contributed by atoms with Gasteiger partial charge >= 0.3 is 0 Å². The summed E-state index contributed by atoms with van der Waals surface area (Å²) >= 11 is 0. The summed E-state index contributed by atoms with van der Waals surface area (Å²) in [5.41, 5.74) is 13.8. The van der Waals surface area contributed by atoms with E-state index in [2.05, 4.69) is 206 Å². The van der Waals surface area contributed by atoms with Gasteiger partial charge in [-0.25, -0.2) is 0 Å². The summed E-state index contributed by atoms with van der Waals surface area (Å²) in [6.45, 7) is 0. The normalized spacial score (nSPS) is 11.6. The fourth-order valence-electron chi connectivity index (χ4n) is 8.79. The minimum absolute atomic E-state index is 0.887. The highest BCUT2D eigenvalue weighted by Gasteiger charge is 2.20. The van der Waals surface area contributed by atoms with Gasteiger partial charge in [0.15, 0.2) is 0 Å². The summed E-state index contributed by atoms with van der Waals surface area (Å²) in [5, 5.41) is 9.71. The van der Waals surface area contributed by atoms with Gasteiger partial charge < -0.3 is 4.42 Å². The Morgan fingerprint density at radius 1 is 0.255 bits per heavy atom. The van der Waals surface area contributed by atoms with Crippen LogP contribution in [0.4, 0.5) is 0 Å². The molecule has 0 fully saturated rings. The van der Waals surface area contributed by atoms with Gasteiger partial charge in [0.2, 0.25) is 0 Å². The van der Waals surface area contributed by atoms with Crippen molar-refractivity contribution in [2.45, 2.75) is 0 Å². The zero-order chi connectivity index (χ0) is 36.3. The first kappa shape index (κ1) is 31.3. The van der Waals surface area contributed by atoms with Crippen LogP contribution in [0, 0.1) is 0 Å². The first-order valence-corrected chi connectivity index (χ1v) is 18.9. The lowest BCUT2D eigenvalue weighted by atomic mass is 9.85. The molecule has 1 nitrogen and oxygen atoms in total. The van der Waals surface area contributed by atoms with Crippen LogP contribution in [-0.4, -0.2) is 0 Å². The number of fused-ring (bicyclic) bond motifs is 6. The van der Waals surface area contributed by atoms with Crippen molar-refractivity contribution >= 4 is 54.3 Å². The molecule has 1 heteroatoms. The summed E-state index contributed by atoms with van der Waals surface area (Å²) in [7, 11) is 0. The minimum Gasteiger partial charge on any atom is -0.455 e. The maximum atomic E-state index is 6.81. The van der Waals surface area contributed by atoms with Crippen molar-refractivity contribution in [3.05, 3.63) is 206 Å². The minimum atomic E-state index is 0.887. The van der Waals surface area contributed by atoms with Crippen LogP contribution in [0.3, 0.4) is 0 Å². The first-order chi connectivity index (χ1) is 27.3. The topological polar surface area (TPSA) is 13.1 Å². The molecular weight excluding hydrogens is 665 g/mol. The van der Waals surface area contributed by atoms with Crippen molar-refractivity contribution in [1.82, 2.24) is 0 Å². The van der Waals surface area contributed by atoms with Crippen LogP contribution in [0.15, 0.2) is 211 Å². The molecule has 11 aromatic rings. The van der Waals surface area contributed by atoms with Crippen molar-refractivity contribution in [3.8, 4) is 55.6 Å². The maximum Gasteiger partial charge on any atom is 0.143 e. The quantitative estimate of drug-likeness (QED) is 0.163. The number of rotatable bonds is 5. The third kappa shape index (κ3) is 5.09. The van der Waals surface area contributed by atoms with Crippen LogP contribution in [0.25, 0.3) is 110 Å². The molecule has 0 saturated heterocycles. The summed E-state index contributed by atoms with van der Waals surface area (Å²) in [6.07, 6.45) is 0. The standard InChI is InChI=1S/C54H34O/c1-3-14-36(15-4-1)43-31-32-48-49-34-40(30-33-50(49)55-54(48)53(43)38-17-5-2-6-18-38)52-46-23-11-9-21-44(46)51(45-22-10-12-24-47(45)52)39-28-26-37(27-29-39)42-25-13-19-35-16-7-8-20-41(35)42/h1-34H. The number of furan rings is 1. The van der Waals surface area contributed by atoms with E-state index >= 15 is 0 Å². The van der Waals surface area contributed by atoms with E-state index in [1.807, 2.05) is 0 Å². The number of hydrogen-bond donors (Lipinski definition) is 0. The van der Waals surface area contributed by atoms with Crippen molar-refractivity contribution in [2.75, 3.05) is 0 Å². The van der Waals surface area contributed by atoms with Gasteiger partial charge in [-0.1, -0.05) is 188 Å². The average molecular weight is 699 g/mol. The van der Waals surface area contributed by atoms with Gasteiger partial charge in [-0.05, 0) is 101 Å². The molecule has 0 bridgehead atoms. The van der Waals surface area contributed by atoms with Crippen LogP contribution in [0.2, 0.25) is 0 Å². The van der Waals surface area contributed by atoms with Gasteiger partial charge in [-0.2, -0.15) is 0 Å². The maximum absolute atomic E-state index is 6.81. The van der Waals surface area contributed by atoms with Crippen LogP contribution in [0.1, 0.15) is 0 Å². The van der Waals surface area contributed by atoms with Gasteiger partial charge in [0.05, 0.1) is 0 Å². The second-order valence-corrected chi connectivity index (χ2v) is 14.4. The van der Waals surface area contributed by atoms with Gasteiger partial charge in [-0.15, -0.1) is 0 Å². The Hall–Kier alpha value is -7.22. The third-order valence-electron chi connectivity index (χ3n) is 11.3. The van der Waals surface area contributed by atoms with Crippen LogP contribution < -0.4 is 0 Å². The molecule has 0 saturated carbocycles. The fourth-order valence-corrected chi connectivity index (χ4v) is 8.79. The molecule has 0 atom stereocenters. The first-order valence-electron chi connectivity index (χ1n) is 18.9. The van der Waals surface area contributed by atoms with E-state index in [1.54, 1.807) is 0 Å². The second kappa shape index (κ2) is 12.7. The third-order valence-corrected chi connectivity index (χ3v) is 11.3. The predicted molar refractivity (Wildman–Crippen MR) is 233 cm³/mol. The lowest BCUT2D eigenvalue weighted by Crippen LogP contribution is -1.91. The van der Waals surface area contributed by atoms with E-state index in [1.165, 1.54) is 71.3 Å². The monoisotopic (exact) mass is 698 g/mol. The summed E-state index contributed by atoms with van der Waals surface area (Å²) < 4.78 is 6.81. The molecule has 0 spiro atoms. The van der Waals surface area contributed by atoms with Crippen LogP contribution >= 0.6 is 0 Å². The van der Waals surface area contributed by atoms with Gasteiger partial charge in [0.25, 0.3) is 0 Å². The molecule has 10 aromatic carbocycles. The lowest BCUT2D eigenvalue weighted by Gasteiger charge is -2.18. The molecule has 0 amide bonds. The summed E-state index contributed by atoms with van der Waals surface area (Å²) in [6, 6.07) is 74.6. The van der Waals surface area contributed by atoms with E-state index < -0.39 is 0 Å². The number of benzene rings is 10. The van der Waals surface area contributed by atoms with E-state index in [0.29, 0.717) is 0 Å². The van der Waals surface area contributed by atoms with Crippen molar-refractivity contribution < 1.29 is 4.42 Å². The molecule has 55 heavy (non-hydrogen) atoms. The Morgan fingerprint density at radius 2 is 0.745 bits per heavy atom. The number of hydrogen-bond acceptors (Lipinski definition) is 1. The predicted octanol–water partition coefficient (Wildman–Crippen LogP) is 15.4. The van der Waals surface area contributed by atoms with E-state index in [9.17, 15) is 0 Å². The Morgan fingerprint density at radius 3 is 1.42 bits per heavy atom. The van der Waals surface area contributed by atoms with E-state index in [0.717, 1.165) is 38.6 Å². The fraction of sp³-hybridized carbons (Fsp3) is 0. The highest BCUT2D eigenvalue weighted by molar-refractivity contribution is 6.22. The largest absolute Gasteiger partial charge is 0.455 e. The molecule has 0 unspecified atom stereocenters. The molecule has 0 N–H and O–H groups in total. The highest BCUT2D eigenvalue weighted by atomic mass is 16.3. The molecule has 0 aliphatic carbocycles. The molecular formula is C54H34O.